The maximum Gasteiger partial charge on any atom is 0.318 e. The highest BCUT2D eigenvalue weighted by Crippen LogP contribution is 2.30. The summed E-state index contributed by atoms with van der Waals surface area (Å²) in [6.07, 6.45) is 0. The monoisotopic (exact) mass is 385 g/mol. The first-order valence-corrected chi connectivity index (χ1v) is 8.87. The molecule has 138 valence electrons. The molecule has 1 atom stereocenters. The molecule has 0 spiro atoms. The number of halogens is 1. The zero-order valence-corrected chi connectivity index (χ0v) is 15.1. The van der Waals surface area contributed by atoms with Crippen molar-refractivity contribution < 1.29 is 14.0 Å². The Bertz CT molecular complexity index is 960. The van der Waals surface area contributed by atoms with Crippen molar-refractivity contribution in [1.82, 2.24) is 20.1 Å². The summed E-state index contributed by atoms with van der Waals surface area (Å²) in [5.74, 6) is -0.355. The van der Waals surface area contributed by atoms with E-state index in [-0.39, 0.29) is 5.82 Å². The molecule has 0 saturated carbocycles. The molecule has 1 aromatic heterocycles. The lowest BCUT2D eigenvalue weighted by Gasteiger charge is -2.13. The molecule has 3 aromatic rings. The third-order valence-electron chi connectivity index (χ3n) is 3.65. The predicted octanol–water partition coefficient (Wildman–Crippen LogP) is 2.75. The molecule has 3 N–H and O–H groups in total. The minimum absolute atomic E-state index is 0.364. The Morgan fingerprint density at radius 3 is 2.41 bits per heavy atom. The summed E-state index contributed by atoms with van der Waals surface area (Å²) in [5, 5.41) is 10.2. The van der Waals surface area contributed by atoms with Crippen LogP contribution in [0.4, 0.5) is 9.18 Å². The average Bonchev–Trinajstić information content (AvgIpc) is 3.06. The number of nitrogens with two attached hydrogens (primary N) is 1. The zero-order chi connectivity index (χ0) is 19.4. The van der Waals surface area contributed by atoms with Crippen molar-refractivity contribution in [2.45, 2.75) is 17.3 Å². The number of benzene rings is 2. The third kappa shape index (κ3) is 4.32. The van der Waals surface area contributed by atoms with E-state index in [2.05, 4.69) is 10.2 Å². The molecule has 7 nitrogen and oxygen atoms in total. The fourth-order valence-corrected chi connectivity index (χ4v) is 3.25. The Morgan fingerprint density at radius 1 is 1.11 bits per heavy atom. The van der Waals surface area contributed by atoms with E-state index in [9.17, 15) is 14.0 Å². The van der Waals surface area contributed by atoms with Gasteiger partial charge in [-0.15, -0.1) is 10.2 Å². The van der Waals surface area contributed by atoms with Crippen molar-refractivity contribution in [3.8, 4) is 17.1 Å². The molecule has 0 fully saturated rings. The molecule has 9 heteroatoms. The number of primary amides is 1. The van der Waals surface area contributed by atoms with Crippen LogP contribution in [0.25, 0.3) is 17.1 Å². The van der Waals surface area contributed by atoms with Crippen molar-refractivity contribution in [1.29, 1.82) is 0 Å². The quantitative estimate of drug-likeness (QED) is 0.658. The van der Waals surface area contributed by atoms with Crippen LogP contribution < -0.4 is 11.1 Å². The molecule has 27 heavy (non-hydrogen) atoms. The lowest BCUT2D eigenvalue weighted by molar-refractivity contribution is -0.119. The molecule has 0 aliphatic carbocycles. The zero-order valence-electron chi connectivity index (χ0n) is 14.3. The Kier molecular flexibility index (Phi) is 5.51. The van der Waals surface area contributed by atoms with E-state index in [0.29, 0.717) is 16.7 Å². The largest absolute Gasteiger partial charge is 0.351 e. The topological polar surface area (TPSA) is 103 Å². The molecule has 3 rings (SSSR count). The van der Waals surface area contributed by atoms with Gasteiger partial charge in [0.15, 0.2) is 11.0 Å². The lowest BCUT2D eigenvalue weighted by Crippen LogP contribution is -2.39. The molecule has 1 heterocycles. The van der Waals surface area contributed by atoms with E-state index in [1.807, 2.05) is 35.6 Å². The number of rotatable bonds is 5. The standard InChI is InChI=1S/C18H16FN5O2S/c1-11(16(25)21-17(20)26)27-18-23-22-15(12-5-3-2-4-6-12)24(18)14-9-7-13(19)8-10-14/h2-11H,1H3,(H3,20,21,25,26)/t11-/m0/s1. The van der Waals surface area contributed by atoms with E-state index >= 15 is 0 Å². The van der Waals surface area contributed by atoms with E-state index in [1.54, 1.807) is 23.6 Å². The summed E-state index contributed by atoms with van der Waals surface area (Å²) in [5.41, 5.74) is 6.45. The molecular weight excluding hydrogens is 369 g/mol. The fraction of sp³-hybridized carbons (Fsp3) is 0.111. The second-order valence-electron chi connectivity index (χ2n) is 5.60. The van der Waals surface area contributed by atoms with Crippen LogP contribution in [0.2, 0.25) is 0 Å². The Balaban J connectivity index is 2.01. The first kappa shape index (κ1) is 18.6. The summed E-state index contributed by atoms with van der Waals surface area (Å²) in [7, 11) is 0. The molecule has 0 bridgehead atoms. The number of imide groups is 1. The SMILES string of the molecule is C[C@H](Sc1nnc(-c2ccccc2)n1-c1ccc(F)cc1)C(=O)NC(N)=O. The minimum Gasteiger partial charge on any atom is -0.351 e. The van der Waals surface area contributed by atoms with Crippen LogP contribution in [0, 0.1) is 5.82 Å². The summed E-state index contributed by atoms with van der Waals surface area (Å²) < 4.78 is 15.1. The highest BCUT2D eigenvalue weighted by molar-refractivity contribution is 8.00. The summed E-state index contributed by atoms with van der Waals surface area (Å²) in [4.78, 5) is 22.9. The number of urea groups is 1. The number of nitrogens with zero attached hydrogens (tertiary/aromatic N) is 3. The third-order valence-corrected chi connectivity index (χ3v) is 4.69. The average molecular weight is 385 g/mol. The van der Waals surface area contributed by atoms with Crippen molar-refractivity contribution in [3.05, 3.63) is 60.4 Å². The van der Waals surface area contributed by atoms with Gasteiger partial charge in [-0.2, -0.15) is 0 Å². The molecular formula is C18H16FN5O2S. The fourth-order valence-electron chi connectivity index (χ4n) is 2.38. The van der Waals surface area contributed by atoms with E-state index in [0.717, 1.165) is 17.3 Å². The van der Waals surface area contributed by atoms with Crippen LogP contribution in [0.3, 0.4) is 0 Å². The van der Waals surface area contributed by atoms with Gasteiger partial charge in [-0.3, -0.25) is 14.7 Å². The highest BCUT2D eigenvalue weighted by Gasteiger charge is 2.22. The normalized spacial score (nSPS) is 11.8. The number of carbonyl (C=O) groups is 2. The van der Waals surface area contributed by atoms with Crippen LogP contribution >= 0.6 is 11.8 Å². The van der Waals surface area contributed by atoms with Gasteiger partial charge in [0.2, 0.25) is 5.91 Å². The maximum absolute atomic E-state index is 13.3. The van der Waals surface area contributed by atoms with Gasteiger partial charge in [0.1, 0.15) is 5.82 Å². The number of nitrogens with one attached hydrogen (secondary N) is 1. The Morgan fingerprint density at radius 2 is 1.78 bits per heavy atom. The maximum atomic E-state index is 13.3. The molecule has 0 aliphatic heterocycles. The molecule has 0 unspecified atom stereocenters. The molecule has 3 amide bonds. The van der Waals surface area contributed by atoms with Gasteiger partial charge in [-0.05, 0) is 31.2 Å². The van der Waals surface area contributed by atoms with Gasteiger partial charge in [0.05, 0.1) is 5.25 Å². The molecule has 0 aliphatic rings. The van der Waals surface area contributed by atoms with Crippen LogP contribution in [-0.4, -0.2) is 32.0 Å². The van der Waals surface area contributed by atoms with E-state index < -0.39 is 17.2 Å². The predicted molar refractivity (Wildman–Crippen MR) is 99.8 cm³/mol. The second kappa shape index (κ2) is 8.00. The van der Waals surface area contributed by atoms with Crippen LogP contribution in [0.15, 0.2) is 59.8 Å². The summed E-state index contributed by atoms with van der Waals surface area (Å²) in [6, 6.07) is 14.3. The van der Waals surface area contributed by atoms with Gasteiger partial charge >= 0.3 is 6.03 Å². The first-order chi connectivity index (χ1) is 13.0. The number of thioether (sulfide) groups is 1. The number of carbonyl (C=O) groups excluding carboxylic acids is 2. The second-order valence-corrected chi connectivity index (χ2v) is 6.91. The summed E-state index contributed by atoms with van der Waals surface area (Å²) in [6.45, 7) is 1.62. The first-order valence-electron chi connectivity index (χ1n) is 7.99. The van der Waals surface area contributed by atoms with Crippen LogP contribution in [0.5, 0.6) is 0 Å². The van der Waals surface area contributed by atoms with Gasteiger partial charge in [-0.1, -0.05) is 42.1 Å². The minimum atomic E-state index is -0.919. The van der Waals surface area contributed by atoms with E-state index in [4.69, 9.17) is 5.73 Å². The van der Waals surface area contributed by atoms with Gasteiger partial charge in [0.25, 0.3) is 0 Å². The molecule has 0 saturated heterocycles. The summed E-state index contributed by atoms with van der Waals surface area (Å²) >= 11 is 1.11. The number of hydrogen-bond acceptors (Lipinski definition) is 5. The van der Waals surface area contributed by atoms with Gasteiger partial charge in [-0.25, -0.2) is 9.18 Å². The number of aromatic nitrogens is 3. The number of hydrogen-bond donors (Lipinski definition) is 2. The number of amides is 3. The lowest BCUT2D eigenvalue weighted by atomic mass is 10.2. The Labute approximate surface area is 158 Å². The smallest absolute Gasteiger partial charge is 0.318 e. The highest BCUT2D eigenvalue weighted by atomic mass is 32.2. The van der Waals surface area contributed by atoms with Crippen molar-refractivity contribution in [2.24, 2.45) is 5.73 Å². The van der Waals surface area contributed by atoms with Gasteiger partial charge < -0.3 is 5.73 Å². The van der Waals surface area contributed by atoms with Crippen molar-refractivity contribution in [3.63, 3.8) is 0 Å². The van der Waals surface area contributed by atoms with E-state index in [1.165, 1.54) is 12.1 Å². The molecule has 2 aromatic carbocycles. The van der Waals surface area contributed by atoms with Gasteiger partial charge in [0, 0.05) is 11.3 Å². The van der Waals surface area contributed by atoms with Crippen LogP contribution in [-0.2, 0) is 4.79 Å². The van der Waals surface area contributed by atoms with Crippen LogP contribution in [0.1, 0.15) is 6.92 Å². The Hall–Kier alpha value is -3.20. The van der Waals surface area contributed by atoms with Crippen molar-refractivity contribution in [2.75, 3.05) is 0 Å². The molecule has 0 radical (unpaired) electrons. The van der Waals surface area contributed by atoms with Crippen molar-refractivity contribution >= 4 is 23.7 Å².